The number of fused-ring (bicyclic) bond motifs is 3. The maximum Gasteiger partial charge on any atom is 0.329 e. The van der Waals surface area contributed by atoms with Gasteiger partial charge >= 0.3 is 7.60 Å². The maximum atomic E-state index is 14.0. The van der Waals surface area contributed by atoms with Gasteiger partial charge in [0.25, 0.3) is 5.91 Å². The highest BCUT2D eigenvalue weighted by Gasteiger charge is 2.52. The summed E-state index contributed by atoms with van der Waals surface area (Å²) >= 11 is 1.28. The molecule has 0 spiro atoms. The van der Waals surface area contributed by atoms with Crippen LogP contribution in [0.5, 0.6) is 0 Å². The first-order valence-electron chi connectivity index (χ1n) is 14.1. The largest absolute Gasteiger partial charge is 0.340 e. The molecule has 4 aliphatic rings. The van der Waals surface area contributed by atoms with Crippen molar-refractivity contribution in [1.82, 2.24) is 24.7 Å². The van der Waals surface area contributed by atoms with Gasteiger partial charge in [0.05, 0.1) is 23.4 Å². The molecule has 11 nitrogen and oxygen atoms in total. The number of hydrogen-bond acceptors (Lipinski definition) is 6. The summed E-state index contributed by atoms with van der Waals surface area (Å²) in [6, 6.07) is 5.85. The van der Waals surface area contributed by atoms with E-state index in [0.29, 0.717) is 48.2 Å². The monoisotopic (exact) mass is 597 g/mol. The first-order valence-corrected chi connectivity index (χ1v) is 16.7. The zero-order chi connectivity index (χ0) is 28.5. The number of carbonyl (C=O) groups is 3. The molecule has 0 unspecified atom stereocenters. The highest BCUT2D eigenvalue weighted by molar-refractivity contribution is 7.50. The lowest BCUT2D eigenvalue weighted by atomic mass is 9.98. The van der Waals surface area contributed by atoms with Crippen molar-refractivity contribution in [3.63, 3.8) is 0 Å². The Kier molecular flexibility index (Phi) is 6.57. The Morgan fingerprint density at radius 2 is 1.88 bits per heavy atom. The molecule has 3 saturated heterocycles. The molecule has 41 heavy (non-hydrogen) atoms. The van der Waals surface area contributed by atoms with E-state index in [2.05, 4.69) is 10.3 Å². The van der Waals surface area contributed by atoms with Gasteiger partial charge in [-0.3, -0.25) is 18.9 Å². The second kappa shape index (κ2) is 10.0. The molecule has 216 valence electrons. The molecule has 5 heterocycles. The van der Waals surface area contributed by atoms with Crippen LogP contribution in [0.1, 0.15) is 53.4 Å². The van der Waals surface area contributed by atoms with Gasteiger partial charge in [-0.25, -0.2) is 4.98 Å². The summed E-state index contributed by atoms with van der Waals surface area (Å²) in [6.45, 7) is 1.20. The predicted octanol–water partition coefficient (Wildman–Crippen LogP) is 2.75. The van der Waals surface area contributed by atoms with Gasteiger partial charge < -0.3 is 29.5 Å². The molecule has 3 aliphatic heterocycles. The van der Waals surface area contributed by atoms with Crippen LogP contribution in [0.2, 0.25) is 0 Å². The van der Waals surface area contributed by atoms with E-state index in [-0.39, 0.29) is 36.0 Å². The lowest BCUT2D eigenvalue weighted by Crippen LogP contribution is -2.60. The Balaban J connectivity index is 1.07. The van der Waals surface area contributed by atoms with E-state index in [1.807, 2.05) is 15.7 Å². The third kappa shape index (κ3) is 5.22. The number of thiophene rings is 1. The zero-order valence-corrected chi connectivity index (χ0v) is 24.0. The van der Waals surface area contributed by atoms with Crippen molar-refractivity contribution >= 4 is 46.7 Å². The highest BCUT2D eigenvalue weighted by atomic mass is 32.1. The SMILES string of the molecule is O=C(N[C@H]1C[C@H]2C[C@H]2C[C@H]2CC[C@@H](C(=O)N3CC(n4ccnc4)C3)N2C1=O)c1cc2cc(CP(=O)(O)O)ccc2s1. The molecule has 5 atom stereocenters. The Morgan fingerprint density at radius 3 is 2.63 bits per heavy atom. The molecule has 1 saturated carbocycles. The zero-order valence-electron chi connectivity index (χ0n) is 22.3. The number of amides is 3. The Bertz CT molecular complexity index is 1560. The Morgan fingerprint density at radius 1 is 1.07 bits per heavy atom. The van der Waals surface area contributed by atoms with Gasteiger partial charge in [-0.15, -0.1) is 11.3 Å². The summed E-state index contributed by atoms with van der Waals surface area (Å²) in [5.74, 6) is 0.413. The molecule has 3 aromatic rings. The van der Waals surface area contributed by atoms with E-state index in [9.17, 15) is 28.7 Å². The van der Waals surface area contributed by atoms with E-state index in [0.717, 1.165) is 29.3 Å². The van der Waals surface area contributed by atoms with Crippen LogP contribution in [0.3, 0.4) is 0 Å². The first kappa shape index (κ1) is 26.8. The third-order valence-corrected chi connectivity index (χ3v) is 11.0. The van der Waals surface area contributed by atoms with Gasteiger partial charge in [0.15, 0.2) is 0 Å². The molecular formula is C28H32N5O6PS. The van der Waals surface area contributed by atoms with E-state index >= 15 is 0 Å². The quantitative estimate of drug-likeness (QED) is 0.371. The fraction of sp³-hybridized carbons (Fsp3) is 0.500. The van der Waals surface area contributed by atoms with Gasteiger partial charge in [-0.05, 0) is 73.1 Å². The smallest absolute Gasteiger partial charge is 0.329 e. The highest BCUT2D eigenvalue weighted by Crippen LogP contribution is 2.49. The number of imidazole rings is 1. The molecule has 4 fully saturated rings. The van der Waals surface area contributed by atoms with E-state index in [1.54, 1.807) is 41.7 Å². The van der Waals surface area contributed by atoms with Crippen LogP contribution >= 0.6 is 18.9 Å². The van der Waals surface area contributed by atoms with Crippen LogP contribution in [0.4, 0.5) is 0 Å². The maximum absolute atomic E-state index is 14.0. The second-order valence-electron chi connectivity index (χ2n) is 12.0. The van der Waals surface area contributed by atoms with Gasteiger partial charge in [0.2, 0.25) is 11.8 Å². The molecule has 3 N–H and O–H groups in total. The van der Waals surface area contributed by atoms with Crippen LogP contribution in [0.25, 0.3) is 10.1 Å². The average Bonchev–Trinajstić information content (AvgIpc) is 3.30. The van der Waals surface area contributed by atoms with Crippen molar-refractivity contribution in [3.8, 4) is 0 Å². The molecule has 13 heteroatoms. The predicted molar refractivity (Wildman–Crippen MR) is 151 cm³/mol. The summed E-state index contributed by atoms with van der Waals surface area (Å²) in [4.78, 5) is 67.8. The summed E-state index contributed by atoms with van der Waals surface area (Å²) in [7, 11) is -4.21. The topological polar surface area (TPSA) is 145 Å². The Labute approximate surface area is 240 Å². The lowest BCUT2D eigenvalue weighted by Gasteiger charge is -2.43. The molecule has 1 aromatic carbocycles. The van der Waals surface area contributed by atoms with Crippen molar-refractivity contribution in [1.29, 1.82) is 0 Å². The van der Waals surface area contributed by atoms with E-state index in [4.69, 9.17) is 0 Å². The Hall–Kier alpha value is -3.05. The summed E-state index contributed by atoms with van der Waals surface area (Å²) in [5.41, 5.74) is 0.500. The van der Waals surface area contributed by atoms with Gasteiger partial charge in [-0.1, -0.05) is 6.07 Å². The first-order chi connectivity index (χ1) is 19.6. The minimum atomic E-state index is -4.21. The number of benzene rings is 1. The lowest BCUT2D eigenvalue weighted by molar-refractivity contribution is -0.150. The summed E-state index contributed by atoms with van der Waals surface area (Å²) in [6.07, 6.45) is 9.02. The number of hydrogen-bond donors (Lipinski definition) is 3. The van der Waals surface area contributed by atoms with Gasteiger partial charge in [0.1, 0.15) is 12.1 Å². The number of likely N-dealkylation sites (tertiary alicyclic amines) is 1. The molecule has 0 bridgehead atoms. The van der Waals surface area contributed by atoms with Gasteiger partial charge in [-0.2, -0.15) is 0 Å². The summed E-state index contributed by atoms with van der Waals surface area (Å²) < 4.78 is 14.3. The fourth-order valence-electron chi connectivity index (χ4n) is 6.92. The van der Waals surface area contributed by atoms with Crippen molar-refractivity contribution in [2.24, 2.45) is 11.8 Å². The van der Waals surface area contributed by atoms with Crippen LogP contribution in [-0.2, 0) is 20.3 Å². The van der Waals surface area contributed by atoms with Crippen LogP contribution in [0, 0.1) is 11.8 Å². The second-order valence-corrected chi connectivity index (χ2v) is 14.7. The number of rotatable bonds is 6. The molecule has 2 aromatic heterocycles. The van der Waals surface area contributed by atoms with Crippen molar-refractivity contribution in [3.05, 3.63) is 53.4 Å². The number of aromatic nitrogens is 2. The van der Waals surface area contributed by atoms with E-state index < -0.39 is 19.7 Å². The van der Waals surface area contributed by atoms with Gasteiger partial charge in [0, 0.05) is 36.2 Å². The number of nitrogens with one attached hydrogen (secondary N) is 1. The van der Waals surface area contributed by atoms with Crippen LogP contribution in [0.15, 0.2) is 43.0 Å². The van der Waals surface area contributed by atoms with E-state index in [1.165, 1.54) is 11.3 Å². The third-order valence-electron chi connectivity index (χ3n) is 9.14. The fourth-order valence-corrected chi connectivity index (χ4v) is 8.54. The minimum Gasteiger partial charge on any atom is -0.340 e. The molecule has 7 rings (SSSR count). The minimum absolute atomic E-state index is 0.00849. The molecular weight excluding hydrogens is 565 g/mol. The van der Waals surface area contributed by atoms with Crippen LogP contribution < -0.4 is 5.32 Å². The molecule has 3 amide bonds. The van der Waals surface area contributed by atoms with Crippen molar-refractivity contribution in [2.45, 2.75) is 62.4 Å². The van der Waals surface area contributed by atoms with Crippen molar-refractivity contribution in [2.75, 3.05) is 13.1 Å². The van der Waals surface area contributed by atoms with Crippen molar-refractivity contribution < 1.29 is 28.7 Å². The summed E-state index contributed by atoms with van der Waals surface area (Å²) in [5, 5.41) is 3.73. The molecule has 1 aliphatic carbocycles. The van der Waals surface area contributed by atoms with Crippen LogP contribution in [-0.4, -0.2) is 78.1 Å². The molecule has 0 radical (unpaired) electrons. The average molecular weight is 598 g/mol. The normalized spacial score (nSPS) is 28.0. The number of nitrogens with zero attached hydrogens (tertiary/aromatic N) is 4. The standard InChI is InChI=1S/C28H32N5O6PS/c34-26(25-11-19-7-16(14-40(37,38)39)1-4-24(19)41-25)30-22-10-18-8-17(18)9-20-2-3-23(33(20)27(22)35)28(36)32-12-21(13-32)31-6-5-29-15-31/h1,4-7,11,15,17-18,20-23H,2-3,8-10,12-14H2,(H,30,34)(H2,37,38,39)/t17-,18+,20+,22-,23-/m0/s1. The number of carbonyl (C=O) groups excluding carboxylic acids is 3.